The SMILES string of the molecule is Oc1c([C@H](c2cccc(F)c2)N2CCN(c3ccccc3)CC2)sc2nc(-c3ccco3)nn12. The highest BCUT2D eigenvalue weighted by Crippen LogP contribution is 2.41. The number of furan rings is 1. The maximum Gasteiger partial charge on any atom is 0.230 e. The standard InChI is InChI=1S/C25H22FN5O2S/c26-18-7-4-6-17(16-18)21(30-13-11-29(12-14-30)19-8-2-1-3-9-19)22-24(32)31-25(34-22)27-23(28-31)20-10-5-15-33-20/h1-10,15-16,21,32H,11-14H2/t21-/m0/s1. The first-order valence-electron chi connectivity index (χ1n) is 11.1. The van der Waals surface area contributed by atoms with Gasteiger partial charge in [-0.1, -0.05) is 41.7 Å². The van der Waals surface area contributed by atoms with Crippen LogP contribution in [0.25, 0.3) is 16.5 Å². The molecule has 1 atom stereocenters. The molecule has 7 nitrogen and oxygen atoms in total. The molecule has 172 valence electrons. The van der Waals surface area contributed by atoms with Crippen molar-refractivity contribution in [2.24, 2.45) is 0 Å². The predicted molar refractivity (Wildman–Crippen MR) is 129 cm³/mol. The quantitative estimate of drug-likeness (QED) is 0.394. The van der Waals surface area contributed by atoms with Crippen LogP contribution in [-0.2, 0) is 0 Å². The van der Waals surface area contributed by atoms with Crippen LogP contribution in [0.2, 0.25) is 0 Å². The number of rotatable bonds is 5. The van der Waals surface area contributed by atoms with Gasteiger partial charge in [-0.3, -0.25) is 4.90 Å². The molecular formula is C25H22FN5O2S. The van der Waals surface area contributed by atoms with Crippen molar-refractivity contribution >= 4 is 22.0 Å². The van der Waals surface area contributed by atoms with Crippen molar-refractivity contribution in [2.75, 3.05) is 31.1 Å². The largest absolute Gasteiger partial charge is 0.492 e. The van der Waals surface area contributed by atoms with Crippen molar-refractivity contribution in [3.05, 3.63) is 89.3 Å². The van der Waals surface area contributed by atoms with Gasteiger partial charge in [0.2, 0.25) is 16.7 Å². The van der Waals surface area contributed by atoms with Crippen LogP contribution in [0.3, 0.4) is 0 Å². The Morgan fingerprint density at radius 3 is 2.50 bits per heavy atom. The molecule has 5 aromatic rings. The topological polar surface area (TPSA) is 70.0 Å². The fraction of sp³-hybridized carbons (Fsp3) is 0.200. The van der Waals surface area contributed by atoms with Crippen LogP contribution in [0.1, 0.15) is 16.5 Å². The summed E-state index contributed by atoms with van der Waals surface area (Å²) in [5.74, 6) is 0.668. The first-order valence-corrected chi connectivity index (χ1v) is 11.9. The van der Waals surface area contributed by atoms with E-state index in [1.54, 1.807) is 24.5 Å². The highest BCUT2D eigenvalue weighted by molar-refractivity contribution is 7.17. The van der Waals surface area contributed by atoms with Crippen LogP contribution < -0.4 is 4.90 Å². The Hall–Kier alpha value is -3.69. The van der Waals surface area contributed by atoms with E-state index in [0.717, 1.165) is 31.7 Å². The number of para-hydroxylation sites is 1. The summed E-state index contributed by atoms with van der Waals surface area (Å²) in [5.41, 5.74) is 1.98. The minimum Gasteiger partial charge on any atom is -0.492 e. The maximum absolute atomic E-state index is 14.2. The van der Waals surface area contributed by atoms with Crippen molar-refractivity contribution < 1.29 is 13.9 Å². The van der Waals surface area contributed by atoms with Gasteiger partial charge in [-0.05, 0) is 42.0 Å². The lowest BCUT2D eigenvalue weighted by Gasteiger charge is -2.40. The third-order valence-corrected chi connectivity index (χ3v) is 7.23. The van der Waals surface area contributed by atoms with E-state index in [1.807, 2.05) is 24.3 Å². The number of anilines is 1. The molecule has 0 aliphatic carbocycles. The number of halogens is 1. The molecule has 9 heteroatoms. The molecule has 1 aliphatic heterocycles. The molecule has 0 saturated carbocycles. The second-order valence-electron chi connectivity index (χ2n) is 8.21. The molecule has 2 aromatic carbocycles. The summed E-state index contributed by atoms with van der Waals surface area (Å²) in [4.78, 5) is 10.4. The van der Waals surface area contributed by atoms with Gasteiger partial charge in [0.05, 0.1) is 17.2 Å². The van der Waals surface area contributed by atoms with Crippen molar-refractivity contribution in [1.82, 2.24) is 19.5 Å². The molecule has 0 unspecified atom stereocenters. The molecule has 0 amide bonds. The number of thiazole rings is 1. The summed E-state index contributed by atoms with van der Waals surface area (Å²) < 4.78 is 21.0. The van der Waals surface area contributed by atoms with Crippen LogP contribution in [0.4, 0.5) is 10.1 Å². The Bertz CT molecular complexity index is 1410. The van der Waals surface area contributed by atoms with E-state index in [-0.39, 0.29) is 17.7 Å². The van der Waals surface area contributed by atoms with Crippen LogP contribution in [-0.4, -0.2) is 50.8 Å². The van der Waals surface area contributed by atoms with E-state index in [1.165, 1.54) is 33.7 Å². The number of piperazine rings is 1. The van der Waals surface area contributed by atoms with Gasteiger partial charge >= 0.3 is 0 Å². The number of benzene rings is 2. The number of aromatic nitrogens is 3. The zero-order chi connectivity index (χ0) is 23.1. The monoisotopic (exact) mass is 475 g/mol. The summed E-state index contributed by atoms with van der Waals surface area (Å²) in [6.07, 6.45) is 1.56. The summed E-state index contributed by atoms with van der Waals surface area (Å²) in [6.45, 7) is 3.20. The number of fused-ring (bicyclic) bond motifs is 1. The Morgan fingerprint density at radius 2 is 1.79 bits per heavy atom. The second kappa shape index (κ2) is 8.58. The average molecular weight is 476 g/mol. The van der Waals surface area contributed by atoms with Gasteiger partial charge < -0.3 is 14.4 Å². The van der Waals surface area contributed by atoms with Gasteiger partial charge in [0.1, 0.15) is 5.82 Å². The van der Waals surface area contributed by atoms with Gasteiger partial charge in [0.25, 0.3) is 0 Å². The van der Waals surface area contributed by atoms with Crippen LogP contribution in [0, 0.1) is 5.82 Å². The first-order chi connectivity index (χ1) is 16.7. The number of hydrogen-bond donors (Lipinski definition) is 1. The zero-order valence-corrected chi connectivity index (χ0v) is 19.0. The third kappa shape index (κ3) is 3.72. The molecule has 0 bridgehead atoms. The summed E-state index contributed by atoms with van der Waals surface area (Å²) in [6, 6.07) is 20.1. The summed E-state index contributed by atoms with van der Waals surface area (Å²) >= 11 is 1.36. The maximum atomic E-state index is 14.2. The lowest BCUT2D eigenvalue weighted by atomic mass is 10.0. The molecule has 0 spiro atoms. The highest BCUT2D eigenvalue weighted by atomic mass is 32.1. The Balaban J connectivity index is 1.35. The van der Waals surface area contributed by atoms with Crippen LogP contribution in [0.5, 0.6) is 5.88 Å². The summed E-state index contributed by atoms with van der Waals surface area (Å²) in [7, 11) is 0. The van der Waals surface area contributed by atoms with Crippen molar-refractivity contribution in [2.45, 2.75) is 6.04 Å². The lowest BCUT2D eigenvalue weighted by molar-refractivity contribution is 0.211. The Morgan fingerprint density at radius 1 is 0.971 bits per heavy atom. The molecule has 1 saturated heterocycles. The molecule has 0 radical (unpaired) electrons. The fourth-order valence-corrected chi connectivity index (χ4v) is 5.64. The van der Waals surface area contributed by atoms with Crippen LogP contribution in [0.15, 0.2) is 77.4 Å². The van der Waals surface area contributed by atoms with Gasteiger partial charge in [-0.2, -0.15) is 9.50 Å². The zero-order valence-electron chi connectivity index (χ0n) is 18.2. The highest BCUT2D eigenvalue weighted by Gasteiger charge is 2.32. The first kappa shape index (κ1) is 20.9. The fourth-order valence-electron chi connectivity index (χ4n) is 4.52. The third-order valence-electron chi connectivity index (χ3n) is 6.15. The van der Waals surface area contributed by atoms with Crippen molar-refractivity contribution in [1.29, 1.82) is 0 Å². The molecule has 4 heterocycles. The normalized spacial score (nSPS) is 15.7. The van der Waals surface area contributed by atoms with E-state index in [9.17, 15) is 9.50 Å². The van der Waals surface area contributed by atoms with E-state index in [0.29, 0.717) is 21.4 Å². The van der Waals surface area contributed by atoms with E-state index >= 15 is 0 Å². The molecule has 6 rings (SSSR count). The van der Waals surface area contributed by atoms with E-state index in [4.69, 9.17) is 4.42 Å². The van der Waals surface area contributed by atoms with Gasteiger partial charge in [-0.15, -0.1) is 5.10 Å². The van der Waals surface area contributed by atoms with E-state index < -0.39 is 0 Å². The number of aromatic hydroxyl groups is 1. The minimum absolute atomic E-state index is 0.0186. The van der Waals surface area contributed by atoms with Gasteiger partial charge in [0, 0.05) is 31.9 Å². The number of hydrogen-bond acceptors (Lipinski definition) is 7. The van der Waals surface area contributed by atoms with E-state index in [2.05, 4.69) is 32.0 Å². The molecule has 34 heavy (non-hydrogen) atoms. The molecular weight excluding hydrogens is 453 g/mol. The second-order valence-corrected chi connectivity index (χ2v) is 9.22. The molecule has 1 N–H and O–H groups in total. The predicted octanol–water partition coefficient (Wildman–Crippen LogP) is 4.81. The van der Waals surface area contributed by atoms with Crippen LogP contribution >= 0.6 is 11.3 Å². The smallest absolute Gasteiger partial charge is 0.230 e. The van der Waals surface area contributed by atoms with Crippen molar-refractivity contribution in [3.63, 3.8) is 0 Å². The lowest BCUT2D eigenvalue weighted by Crippen LogP contribution is -2.47. The van der Waals surface area contributed by atoms with Gasteiger partial charge in [0.15, 0.2) is 5.76 Å². The van der Waals surface area contributed by atoms with Gasteiger partial charge in [-0.25, -0.2) is 4.39 Å². The molecule has 3 aromatic heterocycles. The average Bonchev–Trinajstić information content (AvgIpc) is 3.60. The Labute approximate surface area is 199 Å². The summed E-state index contributed by atoms with van der Waals surface area (Å²) in [5, 5.41) is 15.6. The molecule has 1 aliphatic rings. The molecule has 1 fully saturated rings. The Kier molecular flexibility index (Phi) is 5.27. The van der Waals surface area contributed by atoms with Crippen molar-refractivity contribution in [3.8, 4) is 17.5 Å². The number of nitrogens with zero attached hydrogens (tertiary/aromatic N) is 5. The minimum atomic E-state index is -0.311.